The van der Waals surface area contributed by atoms with Crippen molar-refractivity contribution in [3.63, 3.8) is 0 Å². The largest absolute Gasteiger partial charge is 0.298 e. The molecule has 1 amide bonds. The van der Waals surface area contributed by atoms with Gasteiger partial charge in [-0.3, -0.25) is 14.4 Å². The van der Waals surface area contributed by atoms with E-state index in [1.165, 1.54) is 18.4 Å². The van der Waals surface area contributed by atoms with Gasteiger partial charge >= 0.3 is 0 Å². The number of benzene rings is 1. The lowest BCUT2D eigenvalue weighted by atomic mass is 9.93. The topological polar surface area (TPSA) is 79.4 Å². The molecule has 0 saturated carbocycles. The van der Waals surface area contributed by atoms with E-state index in [-0.39, 0.29) is 11.0 Å². The Hall–Kier alpha value is -1.93. The molecule has 1 N–H and O–H groups in total. The van der Waals surface area contributed by atoms with E-state index in [2.05, 4.69) is 10.3 Å². The monoisotopic (exact) mass is 367 g/mol. The first-order valence-electron chi connectivity index (χ1n) is 7.30. The second-order valence-electron chi connectivity index (χ2n) is 6.49. The molecule has 130 valence electrons. The average Bonchev–Trinajstić information content (AvgIpc) is 2.94. The molecule has 0 aliphatic heterocycles. The Morgan fingerprint density at radius 3 is 2.42 bits per heavy atom. The smallest absolute Gasteiger partial charge is 0.259 e. The van der Waals surface area contributed by atoms with Gasteiger partial charge in [0.15, 0.2) is 5.13 Å². The number of carbonyl (C=O) groups excluding carboxylic acids is 1. The molecular formula is C16H21N3O3S2. The number of para-hydroxylation sites is 1. The summed E-state index contributed by atoms with van der Waals surface area (Å²) in [5.74, 6) is -0.393. The molecule has 1 heterocycles. The maximum Gasteiger partial charge on any atom is 0.259 e. The molecule has 6 nitrogen and oxygen atoms in total. The van der Waals surface area contributed by atoms with E-state index in [1.807, 2.05) is 26.2 Å². The molecule has 0 spiro atoms. The van der Waals surface area contributed by atoms with Gasteiger partial charge in [-0.05, 0) is 12.1 Å². The van der Waals surface area contributed by atoms with Gasteiger partial charge < -0.3 is 0 Å². The third-order valence-corrected chi connectivity index (χ3v) is 5.43. The van der Waals surface area contributed by atoms with Gasteiger partial charge in [0.2, 0.25) is 10.0 Å². The zero-order valence-electron chi connectivity index (χ0n) is 14.3. The molecule has 0 unspecified atom stereocenters. The van der Waals surface area contributed by atoms with Crippen LogP contribution in [0, 0.1) is 0 Å². The number of carbonyl (C=O) groups is 1. The van der Waals surface area contributed by atoms with Crippen LogP contribution in [0.15, 0.2) is 29.6 Å². The third-order valence-electron chi connectivity index (χ3n) is 3.48. The maximum absolute atomic E-state index is 12.6. The number of anilines is 2. The van der Waals surface area contributed by atoms with Crippen LogP contribution >= 0.6 is 11.3 Å². The maximum atomic E-state index is 12.6. The first-order chi connectivity index (χ1) is 11.0. The Bertz CT molecular complexity index is 851. The van der Waals surface area contributed by atoms with Gasteiger partial charge in [-0.1, -0.05) is 32.9 Å². The van der Waals surface area contributed by atoms with Gasteiger partial charge in [0.25, 0.3) is 5.91 Å². The van der Waals surface area contributed by atoms with Crippen LogP contribution in [-0.4, -0.2) is 32.6 Å². The average molecular weight is 367 g/mol. The van der Waals surface area contributed by atoms with Crippen LogP contribution in [0.2, 0.25) is 0 Å². The predicted molar refractivity (Wildman–Crippen MR) is 98.5 cm³/mol. The Morgan fingerprint density at radius 1 is 1.25 bits per heavy atom. The van der Waals surface area contributed by atoms with Crippen molar-refractivity contribution in [2.24, 2.45) is 0 Å². The van der Waals surface area contributed by atoms with Crippen molar-refractivity contribution in [3.8, 4) is 0 Å². The Kier molecular flexibility index (Phi) is 5.00. The Morgan fingerprint density at radius 2 is 1.88 bits per heavy atom. The number of nitrogens with one attached hydrogen (secondary N) is 1. The van der Waals surface area contributed by atoms with Crippen molar-refractivity contribution < 1.29 is 13.2 Å². The molecule has 2 rings (SSSR count). The summed E-state index contributed by atoms with van der Waals surface area (Å²) in [5.41, 5.74) is 1.39. The van der Waals surface area contributed by atoms with E-state index in [4.69, 9.17) is 0 Å². The molecule has 0 fully saturated rings. The number of rotatable bonds is 4. The Balaban J connectivity index is 2.30. The van der Waals surface area contributed by atoms with Gasteiger partial charge in [0.1, 0.15) is 0 Å². The number of sulfonamides is 1. The first kappa shape index (κ1) is 18.4. The van der Waals surface area contributed by atoms with Crippen LogP contribution in [0.4, 0.5) is 10.8 Å². The summed E-state index contributed by atoms with van der Waals surface area (Å²) in [6, 6.07) is 6.56. The second kappa shape index (κ2) is 6.52. The highest BCUT2D eigenvalue weighted by Crippen LogP contribution is 2.28. The summed E-state index contributed by atoms with van der Waals surface area (Å²) in [6.45, 7) is 6.14. The molecule has 24 heavy (non-hydrogen) atoms. The van der Waals surface area contributed by atoms with Crippen LogP contribution < -0.4 is 9.62 Å². The van der Waals surface area contributed by atoms with Crippen molar-refractivity contribution >= 4 is 38.1 Å². The van der Waals surface area contributed by atoms with Crippen molar-refractivity contribution in [3.05, 3.63) is 40.9 Å². The Labute approximate surface area is 146 Å². The van der Waals surface area contributed by atoms with Gasteiger partial charge in [-0.15, -0.1) is 11.3 Å². The van der Waals surface area contributed by atoms with Gasteiger partial charge in [-0.2, -0.15) is 0 Å². The second-order valence-corrected chi connectivity index (χ2v) is 9.36. The first-order valence-corrected chi connectivity index (χ1v) is 10.0. The molecule has 0 aliphatic carbocycles. The summed E-state index contributed by atoms with van der Waals surface area (Å²) in [6.07, 6.45) is 1.10. The summed E-state index contributed by atoms with van der Waals surface area (Å²) in [7, 11) is -2.04. The van der Waals surface area contributed by atoms with E-state index in [1.54, 1.807) is 24.3 Å². The minimum absolute atomic E-state index is 0.103. The fourth-order valence-corrected chi connectivity index (χ4v) is 3.41. The minimum Gasteiger partial charge on any atom is -0.298 e. The zero-order valence-corrected chi connectivity index (χ0v) is 16.0. The number of hydrogen-bond donors (Lipinski definition) is 1. The summed E-state index contributed by atoms with van der Waals surface area (Å²) >= 11 is 1.34. The minimum atomic E-state index is -3.46. The molecule has 1 aromatic heterocycles. The lowest BCUT2D eigenvalue weighted by Gasteiger charge is -2.19. The van der Waals surface area contributed by atoms with Crippen LogP contribution in [0.3, 0.4) is 0 Å². The number of nitrogens with zero attached hydrogens (tertiary/aromatic N) is 2. The van der Waals surface area contributed by atoms with E-state index >= 15 is 0 Å². The normalized spacial score (nSPS) is 12.0. The van der Waals surface area contributed by atoms with E-state index in [0.29, 0.717) is 10.8 Å². The van der Waals surface area contributed by atoms with Crippen molar-refractivity contribution in [1.29, 1.82) is 0 Å². The quantitative estimate of drug-likeness (QED) is 0.900. The molecule has 0 radical (unpaired) electrons. The molecule has 1 aromatic carbocycles. The number of amides is 1. The predicted octanol–water partition coefficient (Wildman–Crippen LogP) is 3.09. The SMILES string of the molecule is CN(c1ccccc1C(=O)Nc1nc(C(C)(C)C)cs1)S(C)(=O)=O. The molecular weight excluding hydrogens is 346 g/mol. The fraction of sp³-hybridized carbons (Fsp3) is 0.375. The highest BCUT2D eigenvalue weighted by Gasteiger charge is 2.21. The molecule has 0 bridgehead atoms. The van der Waals surface area contributed by atoms with E-state index in [0.717, 1.165) is 16.3 Å². The van der Waals surface area contributed by atoms with E-state index in [9.17, 15) is 13.2 Å². The summed E-state index contributed by atoms with van der Waals surface area (Å²) in [4.78, 5) is 17.0. The lowest BCUT2D eigenvalue weighted by molar-refractivity contribution is 0.102. The molecule has 8 heteroatoms. The highest BCUT2D eigenvalue weighted by molar-refractivity contribution is 7.92. The summed E-state index contributed by atoms with van der Waals surface area (Å²) < 4.78 is 24.6. The summed E-state index contributed by atoms with van der Waals surface area (Å²) in [5, 5.41) is 5.14. The fourth-order valence-electron chi connectivity index (χ4n) is 1.96. The van der Waals surface area contributed by atoms with Crippen molar-refractivity contribution in [2.75, 3.05) is 22.9 Å². The van der Waals surface area contributed by atoms with Gasteiger partial charge in [-0.25, -0.2) is 13.4 Å². The number of thiazole rings is 1. The molecule has 0 saturated heterocycles. The van der Waals surface area contributed by atoms with Gasteiger partial charge in [0.05, 0.1) is 23.2 Å². The van der Waals surface area contributed by atoms with Crippen LogP contribution in [0.25, 0.3) is 0 Å². The van der Waals surface area contributed by atoms with Crippen LogP contribution in [-0.2, 0) is 15.4 Å². The molecule has 2 aromatic rings. The zero-order chi connectivity index (χ0) is 18.1. The standard InChI is InChI=1S/C16H21N3O3S2/c1-16(2,3)13-10-23-15(17-13)18-14(20)11-8-6-7-9-12(11)19(4)24(5,21)22/h6-10H,1-5H3,(H,17,18,20). The van der Waals surface area contributed by atoms with E-state index < -0.39 is 15.9 Å². The lowest BCUT2D eigenvalue weighted by Crippen LogP contribution is -2.27. The van der Waals surface area contributed by atoms with Crippen LogP contribution in [0.1, 0.15) is 36.8 Å². The molecule has 0 aliphatic rings. The van der Waals surface area contributed by atoms with Crippen molar-refractivity contribution in [2.45, 2.75) is 26.2 Å². The van der Waals surface area contributed by atoms with Crippen LogP contribution in [0.5, 0.6) is 0 Å². The number of aromatic nitrogens is 1. The van der Waals surface area contributed by atoms with Gasteiger partial charge in [0, 0.05) is 17.8 Å². The third kappa shape index (κ3) is 4.12. The van der Waals surface area contributed by atoms with Crippen molar-refractivity contribution in [1.82, 2.24) is 4.98 Å². The molecule has 0 atom stereocenters. The highest BCUT2D eigenvalue weighted by atomic mass is 32.2. The number of hydrogen-bond acceptors (Lipinski definition) is 5.